The molecule has 0 aliphatic rings. The molecule has 3 N–H and O–H groups in total. The Morgan fingerprint density at radius 2 is 1.30 bits per heavy atom. The maximum Gasteiger partial charge on any atom is 0.0290 e. The van der Waals surface area contributed by atoms with Crippen LogP contribution in [0.3, 0.4) is 0 Å². The van der Waals surface area contributed by atoms with E-state index in [-0.39, 0.29) is 6.04 Å². The number of rotatable bonds is 17. The number of unbranched alkanes of at least 4 members (excludes halogenated alkanes) is 12. The molecule has 0 heterocycles. The molecule has 0 bridgehead atoms. The molecule has 0 saturated carbocycles. The molecule has 0 spiro atoms. The fourth-order valence-electron chi connectivity index (χ4n) is 2.66. The summed E-state index contributed by atoms with van der Waals surface area (Å²) in [5.74, 6) is 0. The van der Waals surface area contributed by atoms with E-state index in [1.165, 1.54) is 83.5 Å². The fraction of sp³-hybridized carbons (Fsp3) is 0.810. The van der Waals surface area contributed by atoms with Crippen LogP contribution in [0.4, 0.5) is 0 Å². The van der Waals surface area contributed by atoms with Gasteiger partial charge in [-0.25, -0.2) is 0 Å². The van der Waals surface area contributed by atoms with E-state index in [0.29, 0.717) is 0 Å². The largest absolute Gasteiger partial charge is 0.389 e. The van der Waals surface area contributed by atoms with E-state index in [1.54, 1.807) is 0 Å². The molecule has 0 aromatic heterocycles. The van der Waals surface area contributed by atoms with Crippen LogP contribution in [0.1, 0.15) is 97.3 Å². The van der Waals surface area contributed by atoms with Crippen molar-refractivity contribution in [2.24, 2.45) is 5.73 Å². The van der Waals surface area contributed by atoms with Gasteiger partial charge in [0.25, 0.3) is 0 Å². The van der Waals surface area contributed by atoms with Crippen molar-refractivity contribution in [2.45, 2.75) is 103 Å². The number of hydrogen-bond donors (Lipinski definition) is 2. The van der Waals surface area contributed by atoms with Crippen LogP contribution in [0.5, 0.6) is 0 Å². The quantitative estimate of drug-likeness (QED) is 0.251. The molecule has 2 nitrogen and oxygen atoms in total. The van der Waals surface area contributed by atoms with Gasteiger partial charge in [-0.15, -0.1) is 0 Å². The predicted molar refractivity (Wildman–Crippen MR) is 106 cm³/mol. The Labute approximate surface area is 146 Å². The highest BCUT2D eigenvalue weighted by Gasteiger charge is 1.92. The lowest BCUT2D eigenvalue weighted by atomic mass is 10.0. The average molecular weight is 323 g/mol. The monoisotopic (exact) mass is 322 g/mol. The van der Waals surface area contributed by atoms with Crippen molar-refractivity contribution >= 4 is 0 Å². The van der Waals surface area contributed by atoms with Gasteiger partial charge in [-0.1, -0.05) is 89.7 Å². The van der Waals surface area contributed by atoms with Gasteiger partial charge in [0.15, 0.2) is 0 Å². The molecule has 1 unspecified atom stereocenters. The van der Waals surface area contributed by atoms with Crippen molar-refractivity contribution in [1.82, 2.24) is 5.32 Å². The van der Waals surface area contributed by atoms with E-state index in [4.69, 9.17) is 5.73 Å². The molecule has 0 aliphatic carbocycles. The highest BCUT2D eigenvalue weighted by Crippen LogP contribution is 2.12. The van der Waals surface area contributed by atoms with E-state index < -0.39 is 0 Å². The highest BCUT2D eigenvalue weighted by molar-refractivity contribution is 5.01. The lowest BCUT2D eigenvalue weighted by molar-refractivity contribution is 0.545. The van der Waals surface area contributed by atoms with Gasteiger partial charge < -0.3 is 11.1 Å². The number of nitrogens with one attached hydrogen (secondary N) is 1. The first-order chi connectivity index (χ1) is 11.3. The molecular weight excluding hydrogens is 280 g/mol. The van der Waals surface area contributed by atoms with E-state index in [9.17, 15) is 0 Å². The number of allylic oxidation sites excluding steroid dienone is 3. The molecule has 0 amide bonds. The van der Waals surface area contributed by atoms with Crippen LogP contribution in [0, 0.1) is 0 Å². The summed E-state index contributed by atoms with van der Waals surface area (Å²) in [4.78, 5) is 0. The standard InChI is InChI=1S/C21H42N2/c1-3-4-5-6-7-8-9-10-11-12-13-14-15-16-17-18-19-23-20-21(2)22/h16-19,21,23H,3-15,20,22H2,1-2H3. The Morgan fingerprint density at radius 1 is 0.783 bits per heavy atom. The lowest BCUT2D eigenvalue weighted by Crippen LogP contribution is -2.27. The first kappa shape index (κ1) is 22.2. The Balaban J connectivity index is 3.12. The highest BCUT2D eigenvalue weighted by atomic mass is 14.9. The molecule has 0 aromatic rings. The summed E-state index contributed by atoms with van der Waals surface area (Å²) in [6, 6.07) is 0.213. The van der Waals surface area contributed by atoms with Crippen molar-refractivity contribution in [1.29, 1.82) is 0 Å². The van der Waals surface area contributed by atoms with Gasteiger partial charge in [0, 0.05) is 12.6 Å². The molecule has 0 rings (SSSR count). The summed E-state index contributed by atoms with van der Waals surface area (Å²) in [5, 5.41) is 3.18. The topological polar surface area (TPSA) is 38.0 Å². The number of hydrogen-bond acceptors (Lipinski definition) is 2. The van der Waals surface area contributed by atoms with Crippen molar-refractivity contribution < 1.29 is 0 Å². The van der Waals surface area contributed by atoms with Crippen LogP contribution in [0.25, 0.3) is 0 Å². The molecule has 2 heteroatoms. The van der Waals surface area contributed by atoms with Crippen molar-refractivity contribution in [3.63, 3.8) is 0 Å². The molecule has 23 heavy (non-hydrogen) atoms. The molecule has 0 aromatic carbocycles. The summed E-state index contributed by atoms with van der Waals surface area (Å²) in [6.45, 7) is 5.13. The Bertz CT molecular complexity index is 269. The third kappa shape index (κ3) is 21.2. The molecule has 136 valence electrons. The van der Waals surface area contributed by atoms with E-state index in [2.05, 4.69) is 30.5 Å². The Morgan fingerprint density at radius 3 is 1.83 bits per heavy atom. The molecule has 0 fully saturated rings. The van der Waals surface area contributed by atoms with Gasteiger partial charge in [0.05, 0.1) is 0 Å². The minimum absolute atomic E-state index is 0.213. The minimum atomic E-state index is 0.213. The maximum atomic E-state index is 5.65. The number of nitrogens with two attached hydrogens (primary N) is 1. The van der Waals surface area contributed by atoms with Crippen molar-refractivity contribution in [3.8, 4) is 0 Å². The Kier molecular flexibility index (Phi) is 18.6. The molecular formula is C21H42N2. The zero-order valence-corrected chi connectivity index (χ0v) is 15.9. The third-order valence-corrected chi connectivity index (χ3v) is 4.13. The van der Waals surface area contributed by atoms with Crippen LogP contribution in [0.2, 0.25) is 0 Å². The van der Waals surface area contributed by atoms with Gasteiger partial charge in [-0.3, -0.25) is 0 Å². The van der Waals surface area contributed by atoms with Gasteiger partial charge >= 0.3 is 0 Å². The second-order valence-corrected chi connectivity index (χ2v) is 6.85. The first-order valence-corrected chi connectivity index (χ1v) is 10.1. The maximum absolute atomic E-state index is 5.65. The zero-order chi connectivity index (χ0) is 17.0. The van der Waals surface area contributed by atoms with Crippen LogP contribution in [-0.4, -0.2) is 12.6 Å². The minimum Gasteiger partial charge on any atom is -0.389 e. The van der Waals surface area contributed by atoms with Crippen LogP contribution in [0.15, 0.2) is 24.4 Å². The molecule has 0 radical (unpaired) electrons. The van der Waals surface area contributed by atoms with Gasteiger partial charge in [-0.2, -0.15) is 0 Å². The average Bonchev–Trinajstić information content (AvgIpc) is 2.53. The van der Waals surface area contributed by atoms with Crippen LogP contribution in [-0.2, 0) is 0 Å². The smallest absolute Gasteiger partial charge is 0.0290 e. The van der Waals surface area contributed by atoms with Crippen LogP contribution >= 0.6 is 0 Å². The van der Waals surface area contributed by atoms with E-state index in [1.807, 2.05) is 13.1 Å². The molecule has 1 atom stereocenters. The SMILES string of the molecule is CCCCCCCCCCCCCCC=CC=CNCC(C)N. The third-order valence-electron chi connectivity index (χ3n) is 4.13. The summed E-state index contributed by atoms with van der Waals surface area (Å²) >= 11 is 0. The first-order valence-electron chi connectivity index (χ1n) is 10.1. The van der Waals surface area contributed by atoms with E-state index in [0.717, 1.165) is 6.54 Å². The lowest BCUT2D eigenvalue weighted by Gasteiger charge is -2.02. The van der Waals surface area contributed by atoms with Crippen LogP contribution < -0.4 is 11.1 Å². The zero-order valence-electron chi connectivity index (χ0n) is 15.9. The predicted octanol–water partition coefficient (Wildman–Crippen LogP) is 6.08. The molecule has 0 aliphatic heterocycles. The van der Waals surface area contributed by atoms with Crippen molar-refractivity contribution in [2.75, 3.05) is 6.54 Å². The second-order valence-electron chi connectivity index (χ2n) is 6.85. The summed E-state index contributed by atoms with van der Waals surface area (Å²) in [6.07, 6.45) is 26.7. The normalized spacial score (nSPS) is 13.2. The molecule has 0 saturated heterocycles. The fourth-order valence-corrected chi connectivity index (χ4v) is 2.66. The Hall–Kier alpha value is -0.760. The summed E-state index contributed by atoms with van der Waals surface area (Å²) in [5.41, 5.74) is 5.65. The van der Waals surface area contributed by atoms with Gasteiger partial charge in [0.1, 0.15) is 0 Å². The second kappa shape index (κ2) is 19.3. The van der Waals surface area contributed by atoms with Gasteiger partial charge in [-0.05, 0) is 32.0 Å². The summed E-state index contributed by atoms with van der Waals surface area (Å²) < 4.78 is 0. The van der Waals surface area contributed by atoms with Gasteiger partial charge in [0.2, 0.25) is 0 Å². The van der Waals surface area contributed by atoms with Crippen molar-refractivity contribution in [3.05, 3.63) is 24.4 Å². The summed E-state index contributed by atoms with van der Waals surface area (Å²) in [7, 11) is 0. The van der Waals surface area contributed by atoms with E-state index >= 15 is 0 Å².